The van der Waals surface area contributed by atoms with Crippen LogP contribution in [-0.2, 0) is 19.0 Å². The molecule has 0 aliphatic carbocycles. The van der Waals surface area contributed by atoms with E-state index in [-0.39, 0.29) is 18.1 Å². The minimum Gasteiger partial charge on any atom is -0.378 e. The Morgan fingerprint density at radius 1 is 1.18 bits per heavy atom. The smallest absolute Gasteiger partial charge is 0.248 e. The molecule has 0 aromatic carbocycles. The Kier molecular flexibility index (Phi) is 3.86. The molecule has 124 valence electrons. The van der Waals surface area contributed by atoms with Gasteiger partial charge in [-0.1, -0.05) is 0 Å². The maximum Gasteiger partial charge on any atom is 0.248 e. The van der Waals surface area contributed by atoms with Crippen molar-refractivity contribution in [1.29, 1.82) is 0 Å². The van der Waals surface area contributed by atoms with E-state index in [0.29, 0.717) is 12.1 Å². The van der Waals surface area contributed by atoms with E-state index in [0.717, 1.165) is 59.2 Å². The molecule has 22 heavy (non-hydrogen) atoms. The average Bonchev–Trinajstić information content (AvgIpc) is 2.43. The summed E-state index contributed by atoms with van der Waals surface area (Å²) in [5.41, 5.74) is 0.103. The highest BCUT2D eigenvalue weighted by molar-refractivity contribution is 5.77. The lowest BCUT2D eigenvalue weighted by Gasteiger charge is -2.65. The summed E-state index contributed by atoms with van der Waals surface area (Å²) < 4.78 is 16.0. The zero-order valence-electron chi connectivity index (χ0n) is 13.2. The molecule has 7 nitrogen and oxygen atoms in total. The Hall–Kier alpha value is -0.730. The number of morpholine rings is 1. The summed E-state index contributed by atoms with van der Waals surface area (Å²) in [6, 6.07) is 0.901. The molecule has 4 aliphatic heterocycles. The fraction of sp³-hybridized carbons (Fsp3) is 0.933. The van der Waals surface area contributed by atoms with Gasteiger partial charge in [0.25, 0.3) is 0 Å². The maximum atomic E-state index is 12.3. The van der Waals surface area contributed by atoms with Crippen LogP contribution in [0.4, 0.5) is 0 Å². The first kappa shape index (κ1) is 14.8. The number of nitrogens with zero attached hydrogens (tertiary/aromatic N) is 3. The molecule has 0 unspecified atom stereocenters. The van der Waals surface area contributed by atoms with Crippen LogP contribution < -0.4 is 0 Å². The zero-order chi connectivity index (χ0) is 15.2. The van der Waals surface area contributed by atoms with Gasteiger partial charge in [0, 0.05) is 39.8 Å². The van der Waals surface area contributed by atoms with Gasteiger partial charge in [-0.15, -0.1) is 0 Å². The molecule has 4 heterocycles. The molecule has 1 atom stereocenters. The van der Waals surface area contributed by atoms with Crippen LogP contribution in [0.2, 0.25) is 0 Å². The lowest BCUT2D eigenvalue weighted by molar-refractivity contribution is -0.199. The molecule has 0 bridgehead atoms. The monoisotopic (exact) mass is 311 g/mol. The van der Waals surface area contributed by atoms with Gasteiger partial charge in [-0.25, -0.2) is 0 Å². The van der Waals surface area contributed by atoms with Crippen molar-refractivity contribution in [2.24, 2.45) is 0 Å². The maximum absolute atomic E-state index is 12.3. The summed E-state index contributed by atoms with van der Waals surface area (Å²) in [4.78, 5) is 19.4. The number of methoxy groups -OCH3 is 1. The molecule has 4 aliphatic rings. The van der Waals surface area contributed by atoms with Crippen molar-refractivity contribution in [3.8, 4) is 0 Å². The summed E-state index contributed by atoms with van der Waals surface area (Å²) in [7, 11) is 1.58. The molecule has 4 saturated heterocycles. The summed E-state index contributed by atoms with van der Waals surface area (Å²) in [5, 5.41) is 0. The Morgan fingerprint density at radius 2 is 1.95 bits per heavy atom. The van der Waals surface area contributed by atoms with Gasteiger partial charge < -0.3 is 19.1 Å². The second kappa shape index (κ2) is 5.72. The Balaban J connectivity index is 1.48. The number of fused-ring (bicyclic) bond motifs is 2. The minimum atomic E-state index is 0.0949. The van der Waals surface area contributed by atoms with Gasteiger partial charge in [0.2, 0.25) is 5.91 Å². The number of ether oxygens (including phenoxy) is 3. The number of rotatable bonds is 3. The van der Waals surface area contributed by atoms with Gasteiger partial charge in [-0.05, 0) is 0 Å². The van der Waals surface area contributed by atoms with E-state index in [1.165, 1.54) is 0 Å². The number of hydrogen-bond acceptors (Lipinski definition) is 6. The molecular formula is C15H25N3O4. The van der Waals surface area contributed by atoms with Gasteiger partial charge in [0.15, 0.2) is 0 Å². The van der Waals surface area contributed by atoms with E-state index >= 15 is 0 Å². The van der Waals surface area contributed by atoms with Crippen molar-refractivity contribution >= 4 is 5.91 Å². The number of hydrogen-bond donors (Lipinski definition) is 0. The molecule has 1 spiro atoms. The lowest BCUT2D eigenvalue weighted by atomic mass is 9.81. The molecule has 0 radical (unpaired) electrons. The lowest BCUT2D eigenvalue weighted by Crippen LogP contribution is -2.82. The number of likely N-dealkylation sites (tertiary alicyclic amines) is 1. The van der Waals surface area contributed by atoms with E-state index in [2.05, 4.69) is 9.80 Å². The predicted molar refractivity (Wildman–Crippen MR) is 78.7 cm³/mol. The van der Waals surface area contributed by atoms with Crippen LogP contribution in [0.5, 0.6) is 0 Å². The highest BCUT2D eigenvalue weighted by Gasteiger charge is 2.56. The molecule has 4 fully saturated rings. The van der Waals surface area contributed by atoms with Gasteiger partial charge in [0.05, 0.1) is 44.1 Å². The van der Waals surface area contributed by atoms with E-state index in [1.54, 1.807) is 7.11 Å². The third kappa shape index (κ3) is 2.35. The molecule has 0 aromatic rings. The molecule has 4 rings (SSSR count). The Bertz CT molecular complexity index is 437. The van der Waals surface area contributed by atoms with Crippen LogP contribution in [0.15, 0.2) is 0 Å². The van der Waals surface area contributed by atoms with Crippen molar-refractivity contribution in [2.45, 2.75) is 17.6 Å². The Labute approximate surface area is 131 Å². The van der Waals surface area contributed by atoms with Crippen LogP contribution >= 0.6 is 0 Å². The molecular weight excluding hydrogens is 286 g/mol. The second-order valence-corrected chi connectivity index (χ2v) is 6.95. The third-order valence-electron chi connectivity index (χ3n) is 5.51. The van der Waals surface area contributed by atoms with Crippen LogP contribution in [0.25, 0.3) is 0 Å². The first-order valence-corrected chi connectivity index (χ1v) is 8.15. The van der Waals surface area contributed by atoms with Crippen molar-refractivity contribution in [3.63, 3.8) is 0 Å². The predicted octanol–water partition coefficient (Wildman–Crippen LogP) is -1.37. The van der Waals surface area contributed by atoms with Crippen LogP contribution in [0, 0.1) is 0 Å². The van der Waals surface area contributed by atoms with Crippen LogP contribution in [0.3, 0.4) is 0 Å². The summed E-state index contributed by atoms with van der Waals surface area (Å²) in [6.45, 7) is 8.04. The average molecular weight is 311 g/mol. The number of carbonyl (C=O) groups is 1. The normalized spacial score (nSPS) is 32.4. The van der Waals surface area contributed by atoms with Crippen LogP contribution in [-0.4, -0.2) is 111 Å². The SMILES string of the molecule is COCC(=O)N1C[C@@H]2COCCN2C2(C1)CN(C1COC1)C2. The van der Waals surface area contributed by atoms with Crippen molar-refractivity contribution < 1.29 is 19.0 Å². The van der Waals surface area contributed by atoms with E-state index in [1.807, 2.05) is 4.90 Å². The minimum absolute atomic E-state index is 0.0949. The summed E-state index contributed by atoms with van der Waals surface area (Å²) >= 11 is 0. The highest BCUT2D eigenvalue weighted by Crippen LogP contribution is 2.37. The fourth-order valence-corrected chi connectivity index (χ4v) is 4.28. The summed E-state index contributed by atoms with van der Waals surface area (Å²) in [6.07, 6.45) is 0. The van der Waals surface area contributed by atoms with Crippen molar-refractivity contribution in [3.05, 3.63) is 0 Å². The molecule has 0 aromatic heterocycles. The number of carbonyl (C=O) groups excluding carboxylic acids is 1. The largest absolute Gasteiger partial charge is 0.378 e. The quantitative estimate of drug-likeness (QED) is 0.641. The van der Waals surface area contributed by atoms with Gasteiger partial charge in [-0.2, -0.15) is 0 Å². The highest BCUT2D eigenvalue weighted by atomic mass is 16.5. The van der Waals surface area contributed by atoms with Crippen LogP contribution in [0.1, 0.15) is 0 Å². The topological polar surface area (TPSA) is 54.5 Å². The molecule has 0 N–H and O–H groups in total. The first-order chi connectivity index (χ1) is 10.7. The fourth-order valence-electron chi connectivity index (χ4n) is 4.28. The van der Waals surface area contributed by atoms with E-state index in [4.69, 9.17) is 14.2 Å². The second-order valence-electron chi connectivity index (χ2n) is 6.95. The molecule has 0 saturated carbocycles. The number of amides is 1. The van der Waals surface area contributed by atoms with Crippen molar-refractivity contribution in [2.75, 3.05) is 72.9 Å². The van der Waals surface area contributed by atoms with Gasteiger partial charge in [-0.3, -0.25) is 14.6 Å². The number of piperazine rings is 1. The molecule has 7 heteroatoms. The van der Waals surface area contributed by atoms with Crippen molar-refractivity contribution in [1.82, 2.24) is 14.7 Å². The summed E-state index contributed by atoms with van der Waals surface area (Å²) in [5.74, 6) is 0.0949. The van der Waals surface area contributed by atoms with Gasteiger partial charge >= 0.3 is 0 Å². The molecule has 1 amide bonds. The zero-order valence-corrected chi connectivity index (χ0v) is 13.2. The first-order valence-electron chi connectivity index (χ1n) is 8.15. The third-order valence-corrected chi connectivity index (χ3v) is 5.51. The standard InChI is InChI=1S/C15H25N3O4/c1-20-8-14(19)16-4-12-5-21-3-2-18(12)15(9-16)10-17(11-15)13-6-22-7-13/h12-13H,2-11H2,1H3/t12-/m1/s1. The van der Waals surface area contributed by atoms with E-state index in [9.17, 15) is 4.79 Å². The Morgan fingerprint density at radius 3 is 2.64 bits per heavy atom. The van der Waals surface area contributed by atoms with Gasteiger partial charge in [0.1, 0.15) is 6.61 Å². The van der Waals surface area contributed by atoms with E-state index < -0.39 is 0 Å².